The number of esters is 1. The van der Waals surface area contributed by atoms with Crippen molar-refractivity contribution in [2.75, 3.05) is 12.3 Å². The molecule has 3 atom stereocenters. The van der Waals surface area contributed by atoms with Crippen LogP contribution in [0.25, 0.3) is 11.2 Å². The van der Waals surface area contributed by atoms with Gasteiger partial charge in [0.15, 0.2) is 17.7 Å². The van der Waals surface area contributed by atoms with Crippen molar-refractivity contribution in [3.8, 4) is 0 Å². The largest absolute Gasteiger partial charge is 0.463 e. The molecule has 0 unspecified atom stereocenters. The maximum absolute atomic E-state index is 14.2. The highest BCUT2D eigenvalue weighted by atomic mass is 19.1. The number of carbonyl (C=O) groups is 1. The first kappa shape index (κ1) is 13.7. The number of hydrogen-bond donors (Lipinski definition) is 1. The minimum Gasteiger partial charge on any atom is -0.463 e. The third kappa shape index (κ3) is 2.51. The highest BCUT2D eigenvalue weighted by Gasteiger charge is 2.38. The van der Waals surface area contributed by atoms with Crippen molar-refractivity contribution in [2.45, 2.75) is 31.8 Å². The van der Waals surface area contributed by atoms with Gasteiger partial charge in [-0.25, -0.2) is 19.3 Å². The van der Waals surface area contributed by atoms with Gasteiger partial charge in [0.2, 0.25) is 0 Å². The van der Waals surface area contributed by atoms with Gasteiger partial charge in [0.05, 0.1) is 12.4 Å². The third-order valence-electron chi connectivity index (χ3n) is 3.26. The minimum atomic E-state index is -1.25. The second-order valence-electron chi connectivity index (χ2n) is 4.79. The Bertz CT molecular complexity index is 676. The molecule has 0 aromatic carbocycles. The number of rotatable bonds is 3. The normalized spacial score (nSPS) is 25.3. The average molecular weight is 295 g/mol. The molecular formula is C12H14FN5O3. The molecule has 0 aliphatic carbocycles. The van der Waals surface area contributed by atoms with Crippen LogP contribution in [0.1, 0.15) is 19.6 Å². The lowest BCUT2D eigenvalue weighted by Crippen LogP contribution is -2.18. The number of fused-ring (bicyclic) bond motifs is 1. The van der Waals surface area contributed by atoms with Crippen LogP contribution in [-0.2, 0) is 14.3 Å². The van der Waals surface area contributed by atoms with Crippen LogP contribution in [0.4, 0.5) is 10.2 Å². The summed E-state index contributed by atoms with van der Waals surface area (Å²) in [7, 11) is 0. The lowest BCUT2D eigenvalue weighted by atomic mass is 10.2. The van der Waals surface area contributed by atoms with Crippen LogP contribution in [-0.4, -0.2) is 44.4 Å². The van der Waals surface area contributed by atoms with E-state index in [9.17, 15) is 9.18 Å². The molecule has 8 nitrogen and oxygen atoms in total. The van der Waals surface area contributed by atoms with Gasteiger partial charge in [-0.2, -0.15) is 0 Å². The van der Waals surface area contributed by atoms with E-state index >= 15 is 0 Å². The first-order valence-electron chi connectivity index (χ1n) is 6.42. The molecule has 1 aliphatic rings. The lowest BCUT2D eigenvalue weighted by Gasteiger charge is -2.15. The molecule has 112 valence electrons. The Balaban J connectivity index is 1.82. The topological polar surface area (TPSA) is 105 Å². The number of nitrogen functional groups attached to an aromatic ring is 1. The fourth-order valence-corrected chi connectivity index (χ4v) is 2.32. The lowest BCUT2D eigenvalue weighted by molar-refractivity contribution is -0.145. The van der Waals surface area contributed by atoms with Crippen molar-refractivity contribution in [2.24, 2.45) is 0 Å². The van der Waals surface area contributed by atoms with Gasteiger partial charge in [0, 0.05) is 13.3 Å². The third-order valence-corrected chi connectivity index (χ3v) is 3.26. The van der Waals surface area contributed by atoms with Crippen LogP contribution < -0.4 is 5.73 Å². The predicted octanol–water partition coefficient (Wildman–Crippen LogP) is 0.597. The highest BCUT2D eigenvalue weighted by Crippen LogP contribution is 2.33. The number of alkyl halides is 1. The molecule has 0 amide bonds. The first-order chi connectivity index (χ1) is 10.1. The molecule has 2 N–H and O–H groups in total. The van der Waals surface area contributed by atoms with E-state index in [1.165, 1.54) is 24.1 Å². The zero-order valence-electron chi connectivity index (χ0n) is 11.3. The molecule has 1 saturated heterocycles. The molecular weight excluding hydrogens is 281 g/mol. The van der Waals surface area contributed by atoms with Gasteiger partial charge in [0.25, 0.3) is 0 Å². The summed E-state index contributed by atoms with van der Waals surface area (Å²) in [5, 5.41) is 0. The van der Waals surface area contributed by atoms with E-state index in [2.05, 4.69) is 15.0 Å². The minimum absolute atomic E-state index is 0.0238. The van der Waals surface area contributed by atoms with Crippen molar-refractivity contribution in [1.82, 2.24) is 19.5 Å². The number of halogens is 1. The molecule has 3 rings (SSSR count). The van der Waals surface area contributed by atoms with Gasteiger partial charge >= 0.3 is 5.97 Å². The van der Waals surface area contributed by atoms with Crippen LogP contribution in [0.5, 0.6) is 0 Å². The molecule has 0 saturated carbocycles. The van der Waals surface area contributed by atoms with E-state index in [1.807, 2.05) is 0 Å². The van der Waals surface area contributed by atoms with Crippen LogP contribution in [0.2, 0.25) is 0 Å². The van der Waals surface area contributed by atoms with Gasteiger partial charge in [-0.05, 0) is 0 Å². The summed E-state index contributed by atoms with van der Waals surface area (Å²) >= 11 is 0. The van der Waals surface area contributed by atoms with E-state index in [-0.39, 0.29) is 18.8 Å². The van der Waals surface area contributed by atoms with Crippen molar-refractivity contribution >= 4 is 23.0 Å². The Kier molecular flexibility index (Phi) is 3.42. The number of anilines is 1. The zero-order chi connectivity index (χ0) is 15.0. The Hall–Kier alpha value is -2.29. The molecule has 2 aromatic heterocycles. The highest BCUT2D eigenvalue weighted by molar-refractivity contribution is 5.81. The second kappa shape index (κ2) is 5.24. The van der Waals surface area contributed by atoms with Gasteiger partial charge in [-0.3, -0.25) is 9.36 Å². The molecule has 0 bridgehead atoms. The fourth-order valence-electron chi connectivity index (χ4n) is 2.32. The number of ether oxygens (including phenoxy) is 2. The summed E-state index contributed by atoms with van der Waals surface area (Å²) in [5.41, 5.74) is 6.50. The number of hydrogen-bond acceptors (Lipinski definition) is 7. The summed E-state index contributed by atoms with van der Waals surface area (Å²) in [6, 6.07) is 0. The van der Waals surface area contributed by atoms with Gasteiger partial charge in [-0.15, -0.1) is 0 Å². The molecule has 21 heavy (non-hydrogen) atoms. The summed E-state index contributed by atoms with van der Waals surface area (Å²) in [6.45, 7) is 1.32. The van der Waals surface area contributed by atoms with Crippen molar-refractivity contribution in [3.05, 3.63) is 12.7 Å². The molecule has 2 aromatic rings. The number of imidazole rings is 1. The maximum atomic E-state index is 14.2. The summed E-state index contributed by atoms with van der Waals surface area (Å²) in [5.74, 6) is -0.199. The summed E-state index contributed by atoms with van der Waals surface area (Å²) < 4.78 is 26.1. The Morgan fingerprint density at radius 1 is 1.57 bits per heavy atom. The Morgan fingerprint density at radius 2 is 2.38 bits per heavy atom. The standard InChI is InChI=1S/C12H14FN5O3/c1-6(19)20-3-7-2-8(13)12(21-7)18-5-17-9-10(14)15-4-16-11(9)18/h4-5,7-8,12H,2-3H2,1H3,(H2,14,15,16)/t7-,8-,12+/m0/s1. The van der Waals surface area contributed by atoms with Crippen LogP contribution in [0.15, 0.2) is 12.7 Å². The van der Waals surface area contributed by atoms with E-state index in [1.54, 1.807) is 0 Å². The fraction of sp³-hybridized carbons (Fsp3) is 0.500. The maximum Gasteiger partial charge on any atom is 0.302 e. The zero-order valence-corrected chi connectivity index (χ0v) is 11.3. The van der Waals surface area contributed by atoms with E-state index in [0.29, 0.717) is 11.2 Å². The van der Waals surface area contributed by atoms with Crippen LogP contribution in [0, 0.1) is 0 Å². The monoisotopic (exact) mass is 295 g/mol. The van der Waals surface area contributed by atoms with Crippen molar-refractivity contribution < 1.29 is 18.7 Å². The molecule has 9 heteroatoms. The number of aromatic nitrogens is 4. The Labute approximate surface area is 119 Å². The smallest absolute Gasteiger partial charge is 0.302 e. The number of nitrogens with zero attached hydrogens (tertiary/aromatic N) is 4. The summed E-state index contributed by atoms with van der Waals surface area (Å²) in [4.78, 5) is 22.8. The quantitative estimate of drug-likeness (QED) is 0.826. The number of carbonyl (C=O) groups excluding carboxylic acids is 1. The molecule has 0 spiro atoms. The second-order valence-corrected chi connectivity index (χ2v) is 4.79. The number of nitrogens with two attached hydrogens (primary N) is 1. The van der Waals surface area contributed by atoms with Gasteiger partial charge < -0.3 is 15.2 Å². The molecule has 1 aliphatic heterocycles. The first-order valence-corrected chi connectivity index (χ1v) is 6.42. The Morgan fingerprint density at radius 3 is 3.14 bits per heavy atom. The van der Waals surface area contributed by atoms with E-state index < -0.39 is 24.5 Å². The van der Waals surface area contributed by atoms with E-state index in [4.69, 9.17) is 15.2 Å². The molecule has 3 heterocycles. The summed E-state index contributed by atoms with van der Waals surface area (Å²) in [6.07, 6.45) is 0.225. The van der Waals surface area contributed by atoms with Gasteiger partial charge in [-0.1, -0.05) is 0 Å². The molecule has 0 radical (unpaired) electrons. The SMILES string of the molecule is CC(=O)OC[C@@H]1C[C@H](F)[C@H](n2cnc3c(N)ncnc32)O1. The van der Waals surface area contributed by atoms with Gasteiger partial charge in [0.1, 0.15) is 24.6 Å². The van der Waals surface area contributed by atoms with Crippen LogP contribution in [0.3, 0.4) is 0 Å². The van der Waals surface area contributed by atoms with Crippen molar-refractivity contribution in [1.29, 1.82) is 0 Å². The average Bonchev–Trinajstić information content (AvgIpc) is 3.01. The van der Waals surface area contributed by atoms with E-state index in [0.717, 1.165) is 0 Å². The van der Waals surface area contributed by atoms with Crippen molar-refractivity contribution in [3.63, 3.8) is 0 Å². The predicted molar refractivity (Wildman–Crippen MR) is 69.8 cm³/mol. The molecule has 1 fully saturated rings. The van der Waals surface area contributed by atoms with Crippen LogP contribution >= 0.6 is 0 Å².